The molecule has 17 heavy (non-hydrogen) atoms. The molecule has 1 aliphatic rings. The van der Waals surface area contributed by atoms with E-state index in [1.54, 1.807) is 16.2 Å². The summed E-state index contributed by atoms with van der Waals surface area (Å²) in [6.07, 6.45) is 0.00698. The van der Waals surface area contributed by atoms with Crippen LogP contribution in [0.3, 0.4) is 0 Å². The van der Waals surface area contributed by atoms with Crippen LogP contribution in [0.2, 0.25) is 0 Å². The van der Waals surface area contributed by atoms with E-state index >= 15 is 0 Å². The van der Waals surface area contributed by atoms with Crippen molar-refractivity contribution in [3.05, 3.63) is 22.4 Å². The standard InChI is InChI=1S/C12H18N2O2S/c1-13(2)10-6-14(7-11(10)15)12(16)5-9-3-4-17-8-9/h3-4,8,10-11,15H,5-7H2,1-2H3/t10-,11-/m1/s1. The topological polar surface area (TPSA) is 43.8 Å². The van der Waals surface area contributed by atoms with E-state index in [2.05, 4.69) is 0 Å². The number of carbonyl (C=O) groups excluding carboxylic acids is 1. The Morgan fingerprint density at radius 1 is 1.59 bits per heavy atom. The average molecular weight is 254 g/mol. The highest BCUT2D eigenvalue weighted by atomic mass is 32.1. The third-order valence-corrected chi connectivity index (χ3v) is 3.94. The number of hydrogen-bond acceptors (Lipinski definition) is 4. The van der Waals surface area contributed by atoms with Crippen LogP contribution in [0.4, 0.5) is 0 Å². The Labute approximate surface area is 105 Å². The van der Waals surface area contributed by atoms with Gasteiger partial charge in [-0.25, -0.2) is 0 Å². The Morgan fingerprint density at radius 3 is 2.88 bits per heavy atom. The van der Waals surface area contributed by atoms with Crippen LogP contribution in [0.5, 0.6) is 0 Å². The molecule has 1 amide bonds. The molecule has 2 heterocycles. The quantitative estimate of drug-likeness (QED) is 0.850. The summed E-state index contributed by atoms with van der Waals surface area (Å²) in [4.78, 5) is 15.8. The van der Waals surface area contributed by atoms with E-state index in [0.29, 0.717) is 19.5 Å². The molecule has 4 nitrogen and oxygen atoms in total. The van der Waals surface area contributed by atoms with Crippen molar-refractivity contribution in [2.45, 2.75) is 18.6 Å². The Morgan fingerprint density at radius 2 is 2.35 bits per heavy atom. The van der Waals surface area contributed by atoms with Crippen LogP contribution in [0.1, 0.15) is 5.56 Å². The second kappa shape index (κ2) is 5.16. The van der Waals surface area contributed by atoms with Gasteiger partial charge >= 0.3 is 0 Å². The molecule has 0 aliphatic carbocycles. The largest absolute Gasteiger partial charge is 0.390 e. The zero-order chi connectivity index (χ0) is 12.4. The molecule has 0 unspecified atom stereocenters. The molecule has 0 spiro atoms. The second-order valence-corrected chi connectivity index (χ2v) is 5.49. The number of nitrogens with zero attached hydrogens (tertiary/aromatic N) is 2. The predicted octanol–water partition coefficient (Wildman–Crippen LogP) is 0.424. The lowest BCUT2D eigenvalue weighted by molar-refractivity contribution is -0.129. The number of rotatable bonds is 3. The highest BCUT2D eigenvalue weighted by Gasteiger charge is 2.34. The van der Waals surface area contributed by atoms with Crippen molar-refractivity contribution in [3.8, 4) is 0 Å². The Bertz CT molecular complexity index is 378. The minimum Gasteiger partial charge on any atom is -0.390 e. The fourth-order valence-corrected chi connectivity index (χ4v) is 2.83. The maximum atomic E-state index is 12.0. The van der Waals surface area contributed by atoms with Crippen molar-refractivity contribution in [3.63, 3.8) is 0 Å². The SMILES string of the molecule is CN(C)[C@@H]1CN(C(=O)Cc2ccsc2)C[C@H]1O. The maximum absolute atomic E-state index is 12.0. The lowest BCUT2D eigenvalue weighted by atomic mass is 10.2. The van der Waals surface area contributed by atoms with Crippen molar-refractivity contribution >= 4 is 17.2 Å². The molecule has 1 aliphatic heterocycles. The Hall–Kier alpha value is -0.910. The Balaban J connectivity index is 1.93. The van der Waals surface area contributed by atoms with Gasteiger partial charge in [0.05, 0.1) is 18.6 Å². The smallest absolute Gasteiger partial charge is 0.227 e. The first-order valence-electron chi connectivity index (χ1n) is 5.71. The minimum atomic E-state index is -0.434. The predicted molar refractivity (Wildman–Crippen MR) is 68.1 cm³/mol. The Kier molecular flexibility index (Phi) is 3.81. The molecular formula is C12H18N2O2S. The van der Waals surface area contributed by atoms with Crippen molar-refractivity contribution in [2.24, 2.45) is 0 Å². The van der Waals surface area contributed by atoms with E-state index in [9.17, 15) is 9.90 Å². The van der Waals surface area contributed by atoms with Gasteiger partial charge in [0, 0.05) is 13.1 Å². The van der Waals surface area contributed by atoms with E-state index < -0.39 is 6.10 Å². The number of carbonyl (C=O) groups is 1. The third-order valence-electron chi connectivity index (χ3n) is 3.21. The normalized spacial score (nSPS) is 24.6. The summed E-state index contributed by atoms with van der Waals surface area (Å²) in [6, 6.07) is 2.03. The van der Waals surface area contributed by atoms with Gasteiger partial charge in [-0.15, -0.1) is 0 Å². The van der Waals surface area contributed by atoms with Gasteiger partial charge in [-0.2, -0.15) is 11.3 Å². The van der Waals surface area contributed by atoms with Gasteiger partial charge in [0.2, 0.25) is 5.91 Å². The summed E-state index contributed by atoms with van der Waals surface area (Å²) in [5, 5.41) is 13.8. The van der Waals surface area contributed by atoms with Gasteiger partial charge in [0.25, 0.3) is 0 Å². The molecule has 0 radical (unpaired) electrons. The molecule has 2 rings (SSSR count). The van der Waals surface area contributed by atoms with Crippen LogP contribution in [-0.2, 0) is 11.2 Å². The highest BCUT2D eigenvalue weighted by molar-refractivity contribution is 7.07. The molecule has 0 aromatic carbocycles. The highest BCUT2D eigenvalue weighted by Crippen LogP contribution is 2.16. The van der Waals surface area contributed by atoms with Gasteiger partial charge in [-0.3, -0.25) is 4.79 Å². The van der Waals surface area contributed by atoms with Crippen LogP contribution in [-0.4, -0.2) is 60.1 Å². The van der Waals surface area contributed by atoms with E-state index in [1.807, 2.05) is 35.8 Å². The summed E-state index contributed by atoms with van der Waals surface area (Å²) in [5.41, 5.74) is 1.06. The van der Waals surface area contributed by atoms with Crippen molar-refractivity contribution < 1.29 is 9.90 Å². The number of aliphatic hydroxyl groups is 1. The van der Waals surface area contributed by atoms with E-state index in [4.69, 9.17) is 0 Å². The molecule has 1 fully saturated rings. The summed E-state index contributed by atoms with van der Waals surface area (Å²) in [5.74, 6) is 0.104. The first-order valence-corrected chi connectivity index (χ1v) is 6.65. The summed E-state index contributed by atoms with van der Waals surface area (Å²) in [6.45, 7) is 1.07. The lowest BCUT2D eigenvalue weighted by Gasteiger charge is -2.21. The first kappa shape index (κ1) is 12.5. The number of amides is 1. The van der Waals surface area contributed by atoms with Crippen LogP contribution < -0.4 is 0 Å². The van der Waals surface area contributed by atoms with Crippen LogP contribution in [0, 0.1) is 0 Å². The molecule has 0 bridgehead atoms. The summed E-state index contributed by atoms with van der Waals surface area (Å²) < 4.78 is 0. The lowest BCUT2D eigenvalue weighted by Crippen LogP contribution is -2.38. The van der Waals surface area contributed by atoms with Gasteiger partial charge in [-0.05, 0) is 36.5 Å². The third kappa shape index (κ3) is 2.86. The molecule has 1 saturated heterocycles. The first-order chi connectivity index (χ1) is 8.08. The number of aliphatic hydroxyl groups excluding tert-OH is 1. The minimum absolute atomic E-state index is 0.0569. The van der Waals surface area contributed by atoms with E-state index in [0.717, 1.165) is 5.56 Å². The number of β-amino-alcohol motifs (C(OH)–C–C–N with tert-alkyl or cyclic N) is 1. The van der Waals surface area contributed by atoms with Crippen LogP contribution in [0.25, 0.3) is 0 Å². The fourth-order valence-electron chi connectivity index (χ4n) is 2.16. The monoisotopic (exact) mass is 254 g/mol. The summed E-state index contributed by atoms with van der Waals surface area (Å²) >= 11 is 1.60. The molecule has 1 aromatic rings. The number of likely N-dealkylation sites (tertiary alicyclic amines) is 1. The average Bonchev–Trinajstić information content (AvgIpc) is 2.86. The molecule has 5 heteroatoms. The number of thiophene rings is 1. The van der Waals surface area contributed by atoms with Crippen molar-refractivity contribution in [1.29, 1.82) is 0 Å². The molecule has 1 aromatic heterocycles. The van der Waals surface area contributed by atoms with Crippen molar-refractivity contribution in [2.75, 3.05) is 27.2 Å². The fraction of sp³-hybridized carbons (Fsp3) is 0.583. The second-order valence-electron chi connectivity index (χ2n) is 4.71. The van der Waals surface area contributed by atoms with Gasteiger partial charge in [0.1, 0.15) is 0 Å². The summed E-state index contributed by atoms with van der Waals surface area (Å²) in [7, 11) is 3.86. The zero-order valence-corrected chi connectivity index (χ0v) is 11.0. The number of hydrogen-bond donors (Lipinski definition) is 1. The molecule has 94 valence electrons. The molecular weight excluding hydrogens is 236 g/mol. The molecule has 1 N–H and O–H groups in total. The molecule has 2 atom stereocenters. The zero-order valence-electron chi connectivity index (χ0n) is 10.2. The van der Waals surface area contributed by atoms with Crippen LogP contribution in [0.15, 0.2) is 16.8 Å². The van der Waals surface area contributed by atoms with Crippen LogP contribution >= 0.6 is 11.3 Å². The maximum Gasteiger partial charge on any atom is 0.227 e. The van der Waals surface area contributed by atoms with Crippen molar-refractivity contribution in [1.82, 2.24) is 9.80 Å². The molecule has 0 saturated carbocycles. The van der Waals surface area contributed by atoms with Gasteiger partial charge < -0.3 is 14.9 Å². The van der Waals surface area contributed by atoms with E-state index in [-0.39, 0.29) is 11.9 Å². The van der Waals surface area contributed by atoms with Gasteiger partial charge in [0.15, 0.2) is 0 Å². The number of likely N-dealkylation sites (N-methyl/N-ethyl adjacent to an activating group) is 1. The van der Waals surface area contributed by atoms with Gasteiger partial charge in [-0.1, -0.05) is 0 Å². The van der Waals surface area contributed by atoms with E-state index in [1.165, 1.54) is 0 Å².